The lowest BCUT2D eigenvalue weighted by molar-refractivity contribution is 0.0270. The molecule has 0 saturated carbocycles. The molecule has 14 nitrogen and oxygen atoms in total. The van der Waals surface area contributed by atoms with Crippen LogP contribution < -0.4 is 25.7 Å². The van der Waals surface area contributed by atoms with E-state index in [0.717, 1.165) is 24.0 Å². The number of hydrogen-bond acceptors (Lipinski definition) is 11. The van der Waals surface area contributed by atoms with Gasteiger partial charge in [-0.15, -0.1) is 0 Å². The number of rotatable bonds is 15. The second-order valence-corrected chi connectivity index (χ2v) is 21.6. The van der Waals surface area contributed by atoms with E-state index in [4.69, 9.17) is 33.7 Å². The van der Waals surface area contributed by atoms with E-state index in [1.165, 1.54) is 17.5 Å². The van der Waals surface area contributed by atoms with Crippen molar-refractivity contribution in [1.82, 2.24) is 29.6 Å². The van der Waals surface area contributed by atoms with Gasteiger partial charge < -0.3 is 28.9 Å². The van der Waals surface area contributed by atoms with Gasteiger partial charge in [0.25, 0.3) is 8.32 Å². The van der Waals surface area contributed by atoms with Gasteiger partial charge in [0.2, 0.25) is 5.95 Å². The van der Waals surface area contributed by atoms with Gasteiger partial charge >= 0.3 is 12.2 Å². The van der Waals surface area contributed by atoms with Gasteiger partial charge in [-0.25, -0.2) is 14.6 Å². The number of benzene rings is 2. The normalized spacial score (nSPS) is 14.0. The van der Waals surface area contributed by atoms with Gasteiger partial charge in [0, 0.05) is 31.9 Å². The smallest absolute Gasteiger partial charge is 0.413 e. The molecular weight excluding hydrogens is 789 g/mol. The molecule has 5 aromatic rings. The average Bonchev–Trinajstić information content (AvgIpc) is 3.64. The van der Waals surface area contributed by atoms with Crippen LogP contribution in [0.15, 0.2) is 85.2 Å². The minimum atomic E-state index is -2.76. The van der Waals surface area contributed by atoms with E-state index in [9.17, 15) is 9.59 Å². The van der Waals surface area contributed by atoms with Crippen LogP contribution >= 0.6 is 0 Å². The van der Waals surface area contributed by atoms with Gasteiger partial charge in [0.15, 0.2) is 5.82 Å². The summed E-state index contributed by atoms with van der Waals surface area (Å²) in [7, 11) is 0.156. The lowest BCUT2D eigenvalue weighted by Gasteiger charge is -2.43. The molecule has 0 saturated heterocycles. The van der Waals surface area contributed by atoms with Gasteiger partial charge in [0.05, 0.1) is 27.0 Å². The monoisotopic (exact) mass is 848 g/mol. The molecule has 0 unspecified atom stereocenters. The summed E-state index contributed by atoms with van der Waals surface area (Å²) in [5, 5.41) is 13.4. The second kappa shape index (κ2) is 19.3. The molecule has 1 aliphatic heterocycles. The number of nitrogens with zero attached hydrogens (tertiary/aromatic N) is 6. The maximum absolute atomic E-state index is 12.6. The van der Waals surface area contributed by atoms with Crippen molar-refractivity contribution in [3.8, 4) is 5.75 Å². The molecule has 0 aliphatic carbocycles. The van der Waals surface area contributed by atoms with Crippen molar-refractivity contribution in [2.24, 2.45) is 0 Å². The van der Waals surface area contributed by atoms with Crippen LogP contribution in [-0.2, 0) is 20.4 Å². The van der Waals surface area contributed by atoms with Crippen molar-refractivity contribution in [2.75, 3.05) is 44.5 Å². The molecule has 4 heterocycles. The lowest BCUT2D eigenvalue weighted by Crippen LogP contribution is -2.66. The lowest BCUT2D eigenvalue weighted by atomic mass is 10.0. The van der Waals surface area contributed by atoms with Crippen molar-refractivity contribution in [2.45, 2.75) is 97.4 Å². The van der Waals surface area contributed by atoms with Crippen LogP contribution in [0.25, 0.3) is 16.6 Å². The molecule has 2 amide bonds. The number of anilines is 2. The predicted octanol–water partition coefficient (Wildman–Crippen LogP) is 8.03. The number of carbonyl (C=O) groups excluding carboxylic acids is 2. The highest BCUT2D eigenvalue weighted by atomic mass is 28.4. The van der Waals surface area contributed by atoms with Crippen LogP contribution in [-0.4, -0.2) is 95.7 Å². The van der Waals surface area contributed by atoms with Gasteiger partial charge in [-0.1, -0.05) is 101 Å². The van der Waals surface area contributed by atoms with E-state index in [-0.39, 0.29) is 29.7 Å². The Kier molecular flexibility index (Phi) is 14.1. The third-order valence-electron chi connectivity index (χ3n) is 10.7. The van der Waals surface area contributed by atoms with Crippen molar-refractivity contribution in [1.29, 1.82) is 0 Å². The van der Waals surface area contributed by atoms with E-state index in [2.05, 4.69) is 91.8 Å². The first-order chi connectivity index (χ1) is 29.1. The van der Waals surface area contributed by atoms with Crippen LogP contribution in [0, 0.1) is 0 Å². The molecule has 0 spiro atoms. The zero-order valence-corrected chi connectivity index (χ0v) is 37.9. The summed E-state index contributed by atoms with van der Waals surface area (Å²) in [5.41, 5.74) is 3.28. The summed E-state index contributed by atoms with van der Waals surface area (Å²) in [6.45, 7) is 16.3. The number of pyridine rings is 1. The molecule has 0 bridgehead atoms. The molecule has 0 radical (unpaired) electrons. The molecule has 0 fully saturated rings. The third kappa shape index (κ3) is 10.6. The molecule has 324 valence electrons. The SMILES string of the molecule is CCC[C@@H](CCO[Si](c1ccccc1)(c1ccccc1)C(C)(C)C)Nc1nc(NC(=O)OC)nc2cnn(Cc3ncc(C4=CCN(C(=O)OC(C)(C)C)CC4)cc3OC)c12. The van der Waals surface area contributed by atoms with Crippen molar-refractivity contribution in [3.63, 3.8) is 0 Å². The fourth-order valence-electron chi connectivity index (χ4n) is 7.87. The Balaban J connectivity index is 1.28. The number of ether oxygens (including phenoxy) is 3. The first-order valence-corrected chi connectivity index (χ1v) is 22.9. The van der Waals surface area contributed by atoms with E-state index in [1.54, 1.807) is 22.9 Å². The minimum absolute atomic E-state index is 0.0439. The first-order valence-electron chi connectivity index (χ1n) is 21.0. The van der Waals surface area contributed by atoms with Crippen LogP contribution in [0.2, 0.25) is 5.04 Å². The maximum Gasteiger partial charge on any atom is 0.413 e. The molecule has 2 aromatic carbocycles. The highest BCUT2D eigenvalue weighted by Gasteiger charge is 2.50. The Morgan fingerprint density at radius 2 is 1.61 bits per heavy atom. The van der Waals surface area contributed by atoms with Gasteiger partial charge in [-0.3, -0.25) is 15.0 Å². The fourth-order valence-corrected chi connectivity index (χ4v) is 12.5. The molecule has 1 aliphatic rings. The Morgan fingerprint density at radius 1 is 0.918 bits per heavy atom. The van der Waals surface area contributed by atoms with E-state index in [0.29, 0.717) is 60.8 Å². The summed E-state index contributed by atoms with van der Waals surface area (Å²) >= 11 is 0. The molecular formula is C46H60N8O6Si. The molecule has 1 atom stereocenters. The Morgan fingerprint density at radius 3 is 2.18 bits per heavy atom. The van der Waals surface area contributed by atoms with Crippen LogP contribution in [0.5, 0.6) is 5.75 Å². The number of fused-ring (bicyclic) bond motifs is 1. The van der Waals surface area contributed by atoms with E-state index >= 15 is 0 Å². The highest BCUT2D eigenvalue weighted by Crippen LogP contribution is 2.37. The number of aromatic nitrogens is 5. The minimum Gasteiger partial charge on any atom is -0.495 e. The largest absolute Gasteiger partial charge is 0.495 e. The summed E-state index contributed by atoms with van der Waals surface area (Å²) < 4.78 is 25.4. The molecule has 3 aromatic heterocycles. The number of nitrogens with one attached hydrogen (secondary N) is 2. The van der Waals surface area contributed by atoms with E-state index < -0.39 is 20.0 Å². The van der Waals surface area contributed by atoms with Crippen LogP contribution in [0.3, 0.4) is 0 Å². The molecule has 6 rings (SSSR count). The molecule has 61 heavy (non-hydrogen) atoms. The maximum atomic E-state index is 12.6. The fraction of sp³-hybridized carbons (Fsp3) is 0.435. The zero-order chi connectivity index (χ0) is 43.8. The Bertz CT molecular complexity index is 2270. The highest BCUT2D eigenvalue weighted by molar-refractivity contribution is 6.99. The standard InChI is InChI=1S/C46H60N8O6Si/c1-10-17-34(24-27-59-61(46(5,6)7,35-18-13-11-14-19-35)36-20-15-12-16-21-36)49-41-40-37(50-42(51-41)52-43(55)58-9)30-48-54(40)31-38-39(57-8)28-33(29-47-38)32-22-25-53(26-23-32)44(56)60-45(2,3)4/h11-16,18-22,28-30,34H,10,17,23-27,31H2,1-9H3,(H2,49,50,51,52,55)/t34-/m0/s1. The first kappa shape index (κ1) is 44.7. The summed E-state index contributed by atoms with van der Waals surface area (Å²) in [6.07, 6.45) is 7.62. The van der Waals surface area contributed by atoms with Gasteiger partial charge in [0.1, 0.15) is 28.1 Å². The summed E-state index contributed by atoms with van der Waals surface area (Å²) in [4.78, 5) is 41.0. The van der Waals surface area contributed by atoms with E-state index in [1.807, 2.05) is 51.2 Å². The Hall–Kier alpha value is -5.80. The summed E-state index contributed by atoms with van der Waals surface area (Å²) in [5.74, 6) is 1.20. The Labute approximate surface area is 360 Å². The van der Waals surface area contributed by atoms with Crippen LogP contribution in [0.4, 0.5) is 21.4 Å². The second-order valence-electron chi connectivity index (χ2n) is 17.3. The number of carbonyl (C=O) groups is 2. The van der Waals surface area contributed by atoms with Crippen LogP contribution in [0.1, 0.15) is 85.4 Å². The summed E-state index contributed by atoms with van der Waals surface area (Å²) in [6, 6.07) is 23.2. The molecule has 2 N–H and O–H groups in total. The predicted molar refractivity (Wildman–Crippen MR) is 242 cm³/mol. The average molecular weight is 849 g/mol. The number of hydrogen-bond donors (Lipinski definition) is 2. The van der Waals surface area contributed by atoms with Gasteiger partial charge in [-0.05, 0) is 72.6 Å². The van der Waals surface area contributed by atoms with Crippen molar-refractivity contribution in [3.05, 3.63) is 96.5 Å². The third-order valence-corrected chi connectivity index (χ3v) is 15.8. The topological polar surface area (TPSA) is 155 Å². The molecule has 15 heteroatoms. The van der Waals surface area contributed by atoms with Crippen molar-refractivity contribution >= 4 is 59.3 Å². The number of amides is 2. The zero-order valence-electron chi connectivity index (χ0n) is 36.9. The van der Waals surface area contributed by atoms with Crippen molar-refractivity contribution < 1.29 is 28.2 Å². The quantitative estimate of drug-likeness (QED) is 0.0985. The number of methoxy groups -OCH3 is 2. The van der Waals surface area contributed by atoms with Gasteiger partial charge in [-0.2, -0.15) is 10.1 Å².